The van der Waals surface area contributed by atoms with E-state index >= 15 is 0 Å². The smallest absolute Gasteiger partial charge is 0.262 e. The van der Waals surface area contributed by atoms with Crippen LogP contribution in [-0.2, 0) is 22.7 Å². The number of hydrogen-bond acceptors (Lipinski definition) is 8. The molecule has 14 heteroatoms. The van der Waals surface area contributed by atoms with Gasteiger partial charge in [0, 0.05) is 96.9 Å². The van der Waals surface area contributed by atoms with E-state index in [1.807, 2.05) is 48.5 Å². The van der Waals surface area contributed by atoms with Gasteiger partial charge in [-0.15, -0.1) is 0 Å². The summed E-state index contributed by atoms with van der Waals surface area (Å²) in [4.78, 5) is 45.6. The summed E-state index contributed by atoms with van der Waals surface area (Å²) in [6.45, 7) is 1.95. The second-order valence-corrected chi connectivity index (χ2v) is 14.1. The molecule has 3 aromatic heterocycles. The van der Waals surface area contributed by atoms with Crippen LogP contribution < -0.4 is 31.6 Å². The van der Waals surface area contributed by atoms with Gasteiger partial charge in [0.05, 0.1) is 27.9 Å². The number of aromatic nitrogens is 3. The van der Waals surface area contributed by atoms with Gasteiger partial charge < -0.3 is 26.0 Å². The van der Waals surface area contributed by atoms with E-state index in [4.69, 9.17) is 44.5 Å². The molecule has 5 heterocycles. The highest BCUT2D eigenvalue weighted by atomic mass is 35.5. The van der Waals surface area contributed by atoms with Crippen molar-refractivity contribution in [2.75, 3.05) is 20.2 Å². The summed E-state index contributed by atoms with van der Waals surface area (Å²) >= 11 is 21.0. The van der Waals surface area contributed by atoms with Crippen LogP contribution in [0.4, 0.5) is 0 Å². The van der Waals surface area contributed by atoms with Crippen molar-refractivity contribution in [1.29, 1.82) is 0 Å². The molecule has 2 aromatic carbocycles. The molecule has 5 aromatic rings. The highest BCUT2D eigenvalue weighted by Crippen LogP contribution is 2.43. The lowest BCUT2D eigenvalue weighted by molar-refractivity contribution is -0.120. The Bertz CT molecular complexity index is 2250. The number of nitrogens with zero attached hydrogens (tertiary/aromatic N) is 3. The molecule has 2 aliphatic heterocycles. The molecule has 2 atom stereocenters. The molecule has 11 nitrogen and oxygen atoms in total. The number of pyridine rings is 2. The molecule has 268 valence electrons. The lowest BCUT2D eigenvalue weighted by Gasteiger charge is -2.17. The summed E-state index contributed by atoms with van der Waals surface area (Å²) in [5.74, 6) is 0.497. The first kappa shape index (κ1) is 35.9. The zero-order valence-corrected chi connectivity index (χ0v) is 30.5. The van der Waals surface area contributed by atoms with Crippen LogP contribution in [0.5, 0.6) is 5.88 Å². The van der Waals surface area contributed by atoms with Crippen molar-refractivity contribution in [1.82, 2.24) is 35.6 Å². The molecule has 0 spiro atoms. The molecular weight excluding hydrogens is 725 g/mol. The van der Waals surface area contributed by atoms with Crippen LogP contribution in [0.25, 0.3) is 39.2 Å². The highest BCUT2D eigenvalue weighted by molar-refractivity contribution is 6.39. The van der Waals surface area contributed by atoms with Gasteiger partial charge in [0.2, 0.25) is 17.7 Å². The summed E-state index contributed by atoms with van der Waals surface area (Å²) < 4.78 is 7.15. The maximum Gasteiger partial charge on any atom is 0.262 e. The van der Waals surface area contributed by atoms with Crippen molar-refractivity contribution >= 4 is 52.3 Å². The van der Waals surface area contributed by atoms with Crippen molar-refractivity contribution in [2.24, 2.45) is 0 Å². The van der Waals surface area contributed by atoms with Gasteiger partial charge in [-0.25, -0.2) is 9.97 Å². The second-order valence-electron chi connectivity index (χ2n) is 12.9. The maximum absolute atomic E-state index is 13.3. The zero-order valence-electron chi connectivity index (χ0n) is 28.3. The predicted octanol–water partition coefficient (Wildman–Crippen LogP) is 5.80. The fraction of sp³-hybridized carbons (Fsp3) is 0.289. The largest absolute Gasteiger partial charge is 0.481 e. The molecule has 2 saturated heterocycles. The fourth-order valence-corrected chi connectivity index (χ4v) is 7.61. The first-order valence-electron chi connectivity index (χ1n) is 17.0. The molecule has 2 aliphatic rings. The number of nitrogens with one attached hydrogen (secondary N) is 4. The molecule has 2 amide bonds. The number of benzene rings is 2. The molecule has 0 saturated carbocycles. The average Bonchev–Trinajstić information content (AvgIpc) is 3.76. The van der Waals surface area contributed by atoms with Gasteiger partial charge in [0.15, 0.2) is 0 Å². The Labute approximate surface area is 315 Å². The quantitative estimate of drug-likeness (QED) is 0.125. The summed E-state index contributed by atoms with van der Waals surface area (Å²) in [5, 5.41) is 13.9. The van der Waals surface area contributed by atoms with Crippen molar-refractivity contribution in [3.8, 4) is 39.4 Å². The Balaban J connectivity index is 1.12. The lowest BCUT2D eigenvalue weighted by Crippen LogP contribution is -2.36. The molecule has 2 unspecified atom stereocenters. The third kappa shape index (κ3) is 7.51. The van der Waals surface area contributed by atoms with Gasteiger partial charge in [-0.1, -0.05) is 71.2 Å². The van der Waals surface area contributed by atoms with Gasteiger partial charge in [0.1, 0.15) is 5.65 Å². The molecule has 4 N–H and O–H groups in total. The van der Waals surface area contributed by atoms with E-state index in [1.165, 1.54) is 4.40 Å². The summed E-state index contributed by atoms with van der Waals surface area (Å²) in [6, 6.07) is 16.9. The normalized spacial score (nSPS) is 17.1. The third-order valence-electron chi connectivity index (χ3n) is 9.45. The Morgan fingerprint density at radius 2 is 1.44 bits per heavy atom. The van der Waals surface area contributed by atoms with Gasteiger partial charge in [-0.05, 0) is 36.6 Å². The Morgan fingerprint density at radius 3 is 2.08 bits per heavy atom. The molecule has 2 fully saturated rings. The summed E-state index contributed by atoms with van der Waals surface area (Å²) in [5.41, 5.74) is 5.69. The van der Waals surface area contributed by atoms with Crippen LogP contribution in [-0.4, -0.2) is 58.5 Å². The van der Waals surface area contributed by atoms with Gasteiger partial charge in [0.25, 0.3) is 5.56 Å². The number of halogens is 3. The van der Waals surface area contributed by atoms with E-state index in [1.54, 1.807) is 25.6 Å². The number of hydrogen-bond donors (Lipinski definition) is 4. The van der Waals surface area contributed by atoms with Crippen molar-refractivity contribution in [2.45, 2.75) is 50.9 Å². The minimum atomic E-state index is -0.170. The molecule has 7 rings (SSSR count). The fourth-order valence-electron chi connectivity index (χ4n) is 6.70. The monoisotopic (exact) mass is 759 g/mol. The van der Waals surface area contributed by atoms with Crippen LogP contribution >= 0.6 is 34.8 Å². The van der Waals surface area contributed by atoms with Gasteiger partial charge in [-0.3, -0.25) is 18.8 Å². The van der Waals surface area contributed by atoms with Crippen molar-refractivity contribution in [3.63, 3.8) is 0 Å². The van der Waals surface area contributed by atoms with Crippen LogP contribution in [0.3, 0.4) is 0 Å². The first-order chi connectivity index (χ1) is 25.2. The molecule has 52 heavy (non-hydrogen) atoms. The second kappa shape index (κ2) is 15.6. The van der Waals surface area contributed by atoms with Crippen LogP contribution in [0, 0.1) is 0 Å². The summed E-state index contributed by atoms with van der Waals surface area (Å²) in [7, 11) is 1.54. The van der Waals surface area contributed by atoms with Crippen LogP contribution in [0.15, 0.2) is 71.8 Å². The number of amides is 2. The van der Waals surface area contributed by atoms with E-state index in [-0.39, 0.29) is 29.5 Å². The van der Waals surface area contributed by atoms with Crippen LogP contribution in [0.2, 0.25) is 15.1 Å². The Kier molecular flexibility index (Phi) is 10.8. The van der Waals surface area contributed by atoms with Crippen molar-refractivity contribution in [3.05, 3.63) is 104 Å². The maximum atomic E-state index is 13.3. The van der Waals surface area contributed by atoms with E-state index in [0.29, 0.717) is 99.1 Å². The lowest BCUT2D eigenvalue weighted by atomic mass is 9.97. The number of ether oxygens (including phenoxy) is 1. The molecule has 0 bridgehead atoms. The SMILES string of the molecule is COc1nc(-c2cccc(-c3cccc(-c4ccn5c(=O)c(CNCC6CCC(=O)N6)cnc5c4)c3Cl)c2Cl)cc(Cl)c1CNCC1CCC(=O)N1. The first-order valence-corrected chi connectivity index (χ1v) is 18.2. The van der Waals surface area contributed by atoms with E-state index in [9.17, 15) is 14.4 Å². The standard InChI is InChI=1S/C38H36Cl3N7O4/c1-52-37-29(20-43-19-24-9-11-34(50)46-24)30(39)15-31(47-37)28-7-3-6-27(36(28)41)26-5-2-4-25(35(26)40)21-12-13-48-32(14-21)44-17-22(38(48)51)16-42-18-23-8-10-33(49)45-23/h2-7,12-15,17,23-24,42-43H,8-11,16,18-20H2,1H3,(H,45,49)(H,46,50). The van der Waals surface area contributed by atoms with Gasteiger partial charge in [-0.2, -0.15) is 0 Å². The number of carbonyl (C=O) groups excluding carboxylic acids is 2. The van der Waals surface area contributed by atoms with E-state index in [2.05, 4.69) is 26.3 Å². The molecular formula is C38H36Cl3N7O4. The number of rotatable bonds is 12. The van der Waals surface area contributed by atoms with Crippen molar-refractivity contribution < 1.29 is 14.3 Å². The highest BCUT2D eigenvalue weighted by Gasteiger charge is 2.23. The number of carbonyl (C=O) groups is 2. The Morgan fingerprint density at radius 1 is 0.827 bits per heavy atom. The topological polar surface area (TPSA) is 139 Å². The molecule has 0 radical (unpaired) electrons. The zero-order chi connectivity index (χ0) is 36.4. The molecule has 0 aliphatic carbocycles. The minimum Gasteiger partial charge on any atom is -0.481 e. The van der Waals surface area contributed by atoms with Crippen LogP contribution in [0.1, 0.15) is 36.8 Å². The summed E-state index contributed by atoms with van der Waals surface area (Å²) in [6.07, 6.45) is 5.93. The number of fused-ring (bicyclic) bond motifs is 1. The third-order valence-corrected chi connectivity index (χ3v) is 10.6. The van der Waals surface area contributed by atoms with E-state index in [0.717, 1.165) is 24.0 Å². The van der Waals surface area contributed by atoms with E-state index < -0.39 is 0 Å². The average molecular weight is 761 g/mol. The number of methoxy groups -OCH3 is 1. The minimum absolute atomic E-state index is 0.0564. The predicted molar refractivity (Wildman–Crippen MR) is 203 cm³/mol. The van der Waals surface area contributed by atoms with Gasteiger partial charge >= 0.3 is 0 Å². The Hall–Kier alpha value is -4.52.